The molecule has 0 aliphatic heterocycles. The molecule has 1 amide bonds. The lowest BCUT2D eigenvalue weighted by Crippen LogP contribution is -2.20. The molecule has 2 aromatic rings. The Bertz CT molecular complexity index is 770. The van der Waals surface area contributed by atoms with Crippen LogP contribution in [-0.2, 0) is 4.79 Å². The lowest BCUT2D eigenvalue weighted by atomic mass is 10.3. The van der Waals surface area contributed by atoms with E-state index in [9.17, 15) is 19.3 Å². The summed E-state index contributed by atoms with van der Waals surface area (Å²) in [6.45, 7) is -0.552. The van der Waals surface area contributed by atoms with E-state index in [1.54, 1.807) is 0 Å². The lowest BCUT2D eigenvalue weighted by molar-refractivity contribution is -0.385. The van der Waals surface area contributed by atoms with Gasteiger partial charge in [-0.15, -0.1) is 0 Å². The molecule has 23 heavy (non-hydrogen) atoms. The second-order valence-electron chi connectivity index (χ2n) is 4.33. The number of benzene rings is 2. The highest BCUT2D eigenvalue weighted by Gasteiger charge is 2.17. The SMILES string of the molecule is O=C(COc1cc(F)ccc1[N+](=O)[O-])Nc1ccc(Cl)cc1Cl. The van der Waals surface area contributed by atoms with Crippen LogP contribution in [0.3, 0.4) is 0 Å². The van der Waals surface area contributed by atoms with E-state index >= 15 is 0 Å². The number of hydrogen-bond acceptors (Lipinski definition) is 4. The van der Waals surface area contributed by atoms with Gasteiger partial charge in [0.2, 0.25) is 5.75 Å². The normalized spacial score (nSPS) is 10.2. The second kappa shape index (κ2) is 7.26. The van der Waals surface area contributed by atoms with Gasteiger partial charge in [-0.2, -0.15) is 0 Å². The highest BCUT2D eigenvalue weighted by molar-refractivity contribution is 6.36. The molecule has 0 aliphatic carbocycles. The van der Waals surface area contributed by atoms with Crippen LogP contribution in [-0.4, -0.2) is 17.4 Å². The molecule has 0 radical (unpaired) electrons. The number of hydrogen-bond donors (Lipinski definition) is 1. The van der Waals surface area contributed by atoms with Gasteiger partial charge in [-0.25, -0.2) is 4.39 Å². The van der Waals surface area contributed by atoms with Crippen molar-refractivity contribution in [3.05, 3.63) is 62.4 Å². The number of nitrogens with one attached hydrogen (secondary N) is 1. The number of ether oxygens (including phenoxy) is 1. The molecule has 0 atom stereocenters. The lowest BCUT2D eigenvalue weighted by Gasteiger charge is -2.09. The van der Waals surface area contributed by atoms with Crippen molar-refractivity contribution in [2.24, 2.45) is 0 Å². The molecule has 0 heterocycles. The predicted octanol–water partition coefficient (Wildman–Crippen LogP) is 4.06. The molecule has 0 fully saturated rings. The van der Waals surface area contributed by atoms with Crippen LogP contribution in [0, 0.1) is 15.9 Å². The summed E-state index contributed by atoms with van der Waals surface area (Å²) < 4.78 is 18.2. The van der Waals surface area contributed by atoms with Crippen LogP contribution < -0.4 is 10.1 Å². The van der Waals surface area contributed by atoms with Crippen molar-refractivity contribution in [1.82, 2.24) is 0 Å². The van der Waals surface area contributed by atoms with Crippen molar-refractivity contribution in [3.63, 3.8) is 0 Å². The van der Waals surface area contributed by atoms with Gasteiger partial charge in [0, 0.05) is 17.2 Å². The zero-order chi connectivity index (χ0) is 17.0. The number of carbonyl (C=O) groups is 1. The molecule has 0 aliphatic rings. The maximum atomic E-state index is 13.1. The Morgan fingerprint density at radius 3 is 2.65 bits per heavy atom. The third kappa shape index (κ3) is 4.54. The predicted molar refractivity (Wildman–Crippen MR) is 83.6 cm³/mol. The van der Waals surface area contributed by atoms with E-state index in [2.05, 4.69) is 5.32 Å². The van der Waals surface area contributed by atoms with E-state index in [1.807, 2.05) is 0 Å². The van der Waals surface area contributed by atoms with Crippen molar-refractivity contribution < 1.29 is 18.8 Å². The van der Waals surface area contributed by atoms with Gasteiger partial charge < -0.3 is 10.1 Å². The fraction of sp³-hybridized carbons (Fsp3) is 0.0714. The van der Waals surface area contributed by atoms with E-state index < -0.39 is 28.9 Å². The Hall–Kier alpha value is -2.38. The standard InChI is InChI=1S/C14H9Cl2FN2O4/c15-8-1-3-11(10(16)5-8)18-14(20)7-23-13-6-9(17)2-4-12(13)19(21)22/h1-6H,7H2,(H,18,20). The molecule has 120 valence electrons. The van der Waals surface area contributed by atoms with Gasteiger partial charge in [-0.3, -0.25) is 14.9 Å². The quantitative estimate of drug-likeness (QED) is 0.645. The third-order valence-electron chi connectivity index (χ3n) is 2.68. The summed E-state index contributed by atoms with van der Waals surface area (Å²) in [6.07, 6.45) is 0. The second-order valence-corrected chi connectivity index (χ2v) is 5.17. The van der Waals surface area contributed by atoms with Crippen molar-refractivity contribution in [2.45, 2.75) is 0 Å². The Morgan fingerprint density at radius 1 is 1.26 bits per heavy atom. The van der Waals surface area contributed by atoms with Crippen LogP contribution in [0.1, 0.15) is 0 Å². The van der Waals surface area contributed by atoms with Crippen molar-refractivity contribution in [1.29, 1.82) is 0 Å². The molecule has 1 N–H and O–H groups in total. The average molecular weight is 359 g/mol. The average Bonchev–Trinajstić information content (AvgIpc) is 2.48. The molecule has 2 aromatic carbocycles. The van der Waals surface area contributed by atoms with Crippen LogP contribution in [0.5, 0.6) is 5.75 Å². The fourth-order valence-electron chi connectivity index (χ4n) is 1.67. The summed E-state index contributed by atoms with van der Waals surface area (Å²) in [5, 5.41) is 13.9. The Kier molecular flexibility index (Phi) is 5.36. The first kappa shape index (κ1) is 17.0. The van der Waals surface area contributed by atoms with Gasteiger partial charge in [0.15, 0.2) is 6.61 Å². The van der Waals surface area contributed by atoms with Gasteiger partial charge in [-0.1, -0.05) is 23.2 Å². The monoisotopic (exact) mass is 358 g/mol. The number of anilines is 1. The van der Waals surface area contributed by atoms with Crippen molar-refractivity contribution in [2.75, 3.05) is 11.9 Å². The third-order valence-corrected chi connectivity index (χ3v) is 3.23. The van der Waals surface area contributed by atoms with Crippen LogP contribution in [0.4, 0.5) is 15.8 Å². The van der Waals surface area contributed by atoms with Gasteiger partial charge in [0.25, 0.3) is 5.91 Å². The molecule has 0 saturated carbocycles. The van der Waals surface area contributed by atoms with Crippen LogP contribution in [0.2, 0.25) is 10.0 Å². The Morgan fingerprint density at radius 2 is 2.00 bits per heavy atom. The number of nitrogens with zero attached hydrogens (tertiary/aromatic N) is 1. The van der Waals surface area contributed by atoms with Gasteiger partial charge in [0.1, 0.15) is 5.82 Å². The first-order valence-corrected chi connectivity index (χ1v) is 6.94. The zero-order valence-corrected chi connectivity index (χ0v) is 12.9. The number of nitro groups is 1. The zero-order valence-electron chi connectivity index (χ0n) is 11.4. The topological polar surface area (TPSA) is 81.5 Å². The minimum atomic E-state index is -0.733. The van der Waals surface area contributed by atoms with Crippen molar-refractivity contribution >= 4 is 40.5 Å². The van der Waals surface area contributed by atoms with Gasteiger partial charge in [-0.05, 0) is 24.3 Å². The fourth-order valence-corrected chi connectivity index (χ4v) is 2.13. The van der Waals surface area contributed by atoms with E-state index in [-0.39, 0.29) is 10.8 Å². The number of nitro benzene ring substituents is 1. The number of amides is 1. The molecule has 0 aromatic heterocycles. The largest absolute Gasteiger partial charge is 0.477 e. The maximum absolute atomic E-state index is 13.1. The summed E-state index contributed by atoms with van der Waals surface area (Å²) in [5.41, 5.74) is -0.137. The molecule has 2 rings (SSSR count). The van der Waals surface area contributed by atoms with Gasteiger partial charge in [0.05, 0.1) is 15.6 Å². The highest BCUT2D eigenvalue weighted by atomic mass is 35.5. The summed E-state index contributed by atoms with van der Waals surface area (Å²) in [5.74, 6) is -1.67. The summed E-state index contributed by atoms with van der Waals surface area (Å²) in [7, 11) is 0. The first-order valence-electron chi connectivity index (χ1n) is 6.18. The highest BCUT2D eigenvalue weighted by Crippen LogP contribution is 2.28. The smallest absolute Gasteiger partial charge is 0.311 e. The summed E-state index contributed by atoms with van der Waals surface area (Å²) in [6, 6.07) is 7.18. The van der Waals surface area contributed by atoms with Crippen LogP contribution >= 0.6 is 23.2 Å². The van der Waals surface area contributed by atoms with Gasteiger partial charge >= 0.3 is 5.69 Å². The Labute approximate surface area is 139 Å². The van der Waals surface area contributed by atoms with E-state index in [1.165, 1.54) is 18.2 Å². The number of halogens is 3. The van der Waals surface area contributed by atoms with E-state index in [0.29, 0.717) is 10.7 Å². The summed E-state index contributed by atoms with van der Waals surface area (Å²) >= 11 is 11.6. The molecule has 0 bridgehead atoms. The minimum absolute atomic E-state index is 0.225. The first-order chi connectivity index (χ1) is 10.9. The number of carbonyl (C=O) groups excluding carboxylic acids is 1. The maximum Gasteiger partial charge on any atom is 0.311 e. The number of rotatable bonds is 5. The molecular formula is C14H9Cl2FN2O4. The minimum Gasteiger partial charge on any atom is -0.477 e. The summed E-state index contributed by atoms with van der Waals surface area (Å²) in [4.78, 5) is 21.9. The molecule has 6 nitrogen and oxygen atoms in total. The van der Waals surface area contributed by atoms with E-state index in [0.717, 1.165) is 18.2 Å². The molecular weight excluding hydrogens is 350 g/mol. The molecule has 0 saturated heterocycles. The van der Waals surface area contributed by atoms with Crippen molar-refractivity contribution in [3.8, 4) is 5.75 Å². The molecule has 9 heteroatoms. The Balaban J connectivity index is 2.05. The van der Waals surface area contributed by atoms with E-state index in [4.69, 9.17) is 27.9 Å². The molecule has 0 spiro atoms. The molecule has 0 unspecified atom stereocenters. The van der Waals surface area contributed by atoms with Crippen LogP contribution in [0.15, 0.2) is 36.4 Å². The van der Waals surface area contributed by atoms with Crippen LogP contribution in [0.25, 0.3) is 0 Å².